The number of aliphatic hydroxyl groups is 1. The summed E-state index contributed by atoms with van der Waals surface area (Å²) in [6, 6.07) is 6.40. The van der Waals surface area contributed by atoms with Crippen molar-refractivity contribution < 1.29 is 24.2 Å². The van der Waals surface area contributed by atoms with Crippen LogP contribution in [0.15, 0.2) is 30.3 Å². The molecule has 0 fully saturated rings. The van der Waals surface area contributed by atoms with Crippen molar-refractivity contribution >= 4 is 17.8 Å². The molecule has 0 aromatic heterocycles. The molecule has 0 bridgehead atoms. The van der Waals surface area contributed by atoms with Gasteiger partial charge in [-0.1, -0.05) is 18.2 Å². The lowest BCUT2D eigenvalue weighted by Crippen LogP contribution is -2.51. The molecule has 1 aromatic rings. The summed E-state index contributed by atoms with van der Waals surface area (Å²) in [6.07, 6.45) is 0. The first-order valence-electron chi connectivity index (χ1n) is 6.34. The van der Waals surface area contributed by atoms with Gasteiger partial charge in [0.15, 0.2) is 6.04 Å². The van der Waals surface area contributed by atoms with E-state index in [0.29, 0.717) is 5.56 Å². The van der Waals surface area contributed by atoms with Crippen LogP contribution < -0.4 is 10.6 Å². The van der Waals surface area contributed by atoms with Crippen LogP contribution in [0.5, 0.6) is 0 Å². The molecular weight excluding hydrogens is 276 g/mol. The largest absolute Gasteiger partial charge is 0.467 e. The number of ether oxygens (including phenoxy) is 1. The Balaban J connectivity index is 2.58. The molecule has 0 aliphatic rings. The number of aliphatic hydroxyl groups excluding tert-OH is 1. The third-order valence-electron chi connectivity index (χ3n) is 2.76. The number of amides is 2. The summed E-state index contributed by atoms with van der Waals surface area (Å²) >= 11 is 0. The third kappa shape index (κ3) is 4.88. The molecule has 2 atom stereocenters. The van der Waals surface area contributed by atoms with Crippen molar-refractivity contribution in [1.82, 2.24) is 10.6 Å². The molecule has 7 heteroatoms. The molecule has 1 rings (SSSR count). The number of methoxy groups -OCH3 is 1. The number of benzene rings is 1. The number of hydrogen-bond donors (Lipinski definition) is 3. The van der Waals surface area contributed by atoms with Gasteiger partial charge in [0.05, 0.1) is 13.7 Å². The molecule has 1 aromatic carbocycles. The van der Waals surface area contributed by atoms with E-state index in [2.05, 4.69) is 15.4 Å². The van der Waals surface area contributed by atoms with E-state index in [-0.39, 0.29) is 0 Å². The summed E-state index contributed by atoms with van der Waals surface area (Å²) in [5, 5.41) is 13.8. The van der Waals surface area contributed by atoms with Gasteiger partial charge in [0.1, 0.15) is 6.04 Å². The lowest BCUT2D eigenvalue weighted by atomic mass is 10.2. The van der Waals surface area contributed by atoms with Gasteiger partial charge in [0, 0.05) is 5.56 Å². The van der Waals surface area contributed by atoms with Gasteiger partial charge in [-0.25, -0.2) is 4.79 Å². The Morgan fingerprint density at radius 3 is 2.33 bits per heavy atom. The minimum Gasteiger partial charge on any atom is -0.467 e. The molecule has 0 saturated heterocycles. The van der Waals surface area contributed by atoms with Crippen molar-refractivity contribution in [3.05, 3.63) is 35.9 Å². The Hall–Kier alpha value is -2.41. The maximum atomic E-state index is 11.9. The second kappa shape index (κ2) is 8.01. The summed E-state index contributed by atoms with van der Waals surface area (Å²) < 4.78 is 4.43. The van der Waals surface area contributed by atoms with Crippen molar-refractivity contribution in [3.63, 3.8) is 0 Å². The van der Waals surface area contributed by atoms with Crippen molar-refractivity contribution in [2.24, 2.45) is 0 Å². The van der Waals surface area contributed by atoms with Crippen LogP contribution in [0.1, 0.15) is 17.3 Å². The Bertz CT molecular complexity index is 503. The van der Waals surface area contributed by atoms with Gasteiger partial charge in [-0.15, -0.1) is 0 Å². The van der Waals surface area contributed by atoms with Gasteiger partial charge in [0.25, 0.3) is 5.91 Å². The molecule has 0 spiro atoms. The average molecular weight is 294 g/mol. The first-order valence-corrected chi connectivity index (χ1v) is 6.34. The van der Waals surface area contributed by atoms with Crippen LogP contribution in [-0.4, -0.2) is 48.7 Å². The van der Waals surface area contributed by atoms with E-state index in [1.165, 1.54) is 6.92 Å². The van der Waals surface area contributed by atoms with E-state index in [4.69, 9.17) is 5.11 Å². The summed E-state index contributed by atoms with van der Waals surface area (Å²) in [4.78, 5) is 35.0. The maximum Gasteiger partial charge on any atom is 0.330 e. The van der Waals surface area contributed by atoms with Crippen molar-refractivity contribution in [2.45, 2.75) is 19.0 Å². The van der Waals surface area contributed by atoms with Crippen molar-refractivity contribution in [3.8, 4) is 0 Å². The highest BCUT2D eigenvalue weighted by molar-refractivity contribution is 5.97. The highest BCUT2D eigenvalue weighted by Gasteiger charge is 2.24. The fourth-order valence-corrected chi connectivity index (χ4v) is 1.55. The first-order chi connectivity index (χ1) is 9.99. The monoisotopic (exact) mass is 294 g/mol. The van der Waals surface area contributed by atoms with Crippen molar-refractivity contribution in [2.75, 3.05) is 13.7 Å². The molecule has 2 amide bonds. The van der Waals surface area contributed by atoms with Crippen LogP contribution >= 0.6 is 0 Å². The molecule has 0 aliphatic carbocycles. The standard InChI is InChI=1S/C14H18N2O5/c1-9(12(18)16-11(8-17)14(20)21-2)15-13(19)10-6-4-3-5-7-10/h3-7,9,11,17H,8H2,1-2H3,(H,15,19)(H,16,18). The van der Waals surface area contributed by atoms with Gasteiger partial charge in [-0.2, -0.15) is 0 Å². The van der Waals surface area contributed by atoms with Crippen LogP contribution in [0.2, 0.25) is 0 Å². The predicted octanol–water partition coefficient (Wildman–Crippen LogP) is -0.545. The second-order valence-corrected chi connectivity index (χ2v) is 4.33. The van der Waals surface area contributed by atoms with E-state index in [1.807, 2.05) is 0 Å². The van der Waals surface area contributed by atoms with E-state index in [0.717, 1.165) is 7.11 Å². The SMILES string of the molecule is COC(=O)C(CO)NC(=O)C(C)NC(=O)c1ccccc1. The zero-order chi connectivity index (χ0) is 15.8. The minimum atomic E-state index is -1.15. The maximum absolute atomic E-state index is 11.9. The molecule has 0 heterocycles. The lowest BCUT2D eigenvalue weighted by molar-refractivity contribution is -0.146. The minimum absolute atomic E-state index is 0.406. The Kier molecular flexibility index (Phi) is 6.35. The van der Waals surface area contributed by atoms with E-state index in [1.54, 1.807) is 30.3 Å². The molecule has 3 N–H and O–H groups in total. The predicted molar refractivity (Wildman–Crippen MR) is 74.4 cm³/mol. The summed E-state index contributed by atoms with van der Waals surface area (Å²) in [5.74, 6) is -1.76. The summed E-state index contributed by atoms with van der Waals surface area (Å²) in [6.45, 7) is 0.889. The van der Waals surface area contributed by atoms with Gasteiger partial charge in [-0.3, -0.25) is 9.59 Å². The fourth-order valence-electron chi connectivity index (χ4n) is 1.55. The number of carbonyl (C=O) groups excluding carboxylic acids is 3. The lowest BCUT2D eigenvalue weighted by Gasteiger charge is -2.18. The van der Waals surface area contributed by atoms with E-state index < -0.39 is 36.5 Å². The van der Waals surface area contributed by atoms with Gasteiger partial charge in [-0.05, 0) is 19.1 Å². The van der Waals surface area contributed by atoms with E-state index >= 15 is 0 Å². The van der Waals surface area contributed by atoms with Crippen LogP contribution in [0, 0.1) is 0 Å². The quantitative estimate of drug-likeness (QED) is 0.611. The van der Waals surface area contributed by atoms with Crippen LogP contribution in [-0.2, 0) is 14.3 Å². The van der Waals surface area contributed by atoms with Gasteiger partial charge >= 0.3 is 5.97 Å². The Morgan fingerprint density at radius 1 is 1.19 bits per heavy atom. The smallest absolute Gasteiger partial charge is 0.330 e. The van der Waals surface area contributed by atoms with Crippen LogP contribution in [0.3, 0.4) is 0 Å². The summed E-state index contributed by atoms with van der Waals surface area (Å²) in [7, 11) is 1.15. The van der Waals surface area contributed by atoms with Crippen LogP contribution in [0.4, 0.5) is 0 Å². The molecule has 21 heavy (non-hydrogen) atoms. The highest BCUT2D eigenvalue weighted by Crippen LogP contribution is 1.99. The molecule has 0 radical (unpaired) electrons. The van der Waals surface area contributed by atoms with E-state index in [9.17, 15) is 14.4 Å². The Labute approximate surface area is 122 Å². The Morgan fingerprint density at radius 2 is 1.81 bits per heavy atom. The zero-order valence-corrected chi connectivity index (χ0v) is 11.8. The zero-order valence-electron chi connectivity index (χ0n) is 11.8. The molecule has 7 nitrogen and oxygen atoms in total. The molecule has 114 valence electrons. The normalized spacial score (nSPS) is 12.9. The van der Waals surface area contributed by atoms with Gasteiger partial charge in [0.2, 0.25) is 5.91 Å². The molecular formula is C14H18N2O5. The number of carbonyl (C=O) groups is 3. The first kappa shape index (κ1) is 16.6. The molecule has 2 unspecified atom stereocenters. The van der Waals surface area contributed by atoms with Gasteiger partial charge < -0.3 is 20.5 Å². The molecule has 0 saturated carbocycles. The molecule has 0 aliphatic heterocycles. The summed E-state index contributed by atoms with van der Waals surface area (Å²) in [5.41, 5.74) is 0.420. The number of hydrogen-bond acceptors (Lipinski definition) is 5. The third-order valence-corrected chi connectivity index (χ3v) is 2.76. The van der Waals surface area contributed by atoms with Crippen LogP contribution in [0.25, 0.3) is 0 Å². The second-order valence-electron chi connectivity index (χ2n) is 4.33. The average Bonchev–Trinajstić information content (AvgIpc) is 2.52. The van der Waals surface area contributed by atoms with Crippen molar-refractivity contribution in [1.29, 1.82) is 0 Å². The fraction of sp³-hybridized carbons (Fsp3) is 0.357. The number of nitrogens with one attached hydrogen (secondary N) is 2. The number of esters is 1. The topological polar surface area (TPSA) is 105 Å². The highest BCUT2D eigenvalue weighted by atomic mass is 16.5. The number of rotatable bonds is 6.